The van der Waals surface area contributed by atoms with Gasteiger partial charge >= 0.3 is 0 Å². The number of rotatable bonds is 21. The Hall–Kier alpha value is -4.36. The van der Waals surface area contributed by atoms with Crippen molar-refractivity contribution in [3.8, 4) is 0 Å². The third-order valence-corrected chi connectivity index (χ3v) is 8.02. The lowest BCUT2D eigenvalue weighted by Crippen LogP contribution is -2.61. The summed E-state index contributed by atoms with van der Waals surface area (Å²) in [5.41, 5.74) is 10.5. The van der Waals surface area contributed by atoms with Crippen molar-refractivity contribution in [2.75, 3.05) is 32.8 Å². The maximum atomic E-state index is 13.5. The maximum absolute atomic E-state index is 13.5. The molecule has 8 amide bonds. The lowest BCUT2D eigenvalue weighted by molar-refractivity contribution is -0.143. The van der Waals surface area contributed by atoms with E-state index in [2.05, 4.69) is 31.9 Å². The van der Waals surface area contributed by atoms with E-state index in [1.807, 2.05) is 0 Å². The Bertz CT molecular complexity index is 1220. The fraction of sp³-hybridized carbons (Fsp3) is 0.742. The summed E-state index contributed by atoms with van der Waals surface area (Å²) in [6.07, 6.45) is 2.07. The zero-order valence-electron chi connectivity index (χ0n) is 29.5. The quantitative estimate of drug-likeness (QED) is 0.0505. The lowest BCUT2D eigenvalue weighted by Gasteiger charge is -2.31. The van der Waals surface area contributed by atoms with Gasteiger partial charge in [-0.05, 0) is 50.5 Å². The number of carbonyl (C=O) groups is 8. The van der Waals surface area contributed by atoms with Gasteiger partial charge in [0.2, 0.25) is 47.3 Å². The third kappa shape index (κ3) is 13.9. The number of nitrogens with two attached hydrogens (primary N) is 2. The molecule has 0 aromatic rings. The van der Waals surface area contributed by atoms with Crippen molar-refractivity contribution < 1.29 is 48.6 Å². The number of hydrogen-bond acceptors (Lipinski definition) is 11. The molecule has 1 saturated heterocycles. The Balaban J connectivity index is 3.04. The van der Waals surface area contributed by atoms with Gasteiger partial charge in [0.1, 0.15) is 36.3 Å². The fourth-order valence-corrected chi connectivity index (χ4v) is 5.28. The van der Waals surface area contributed by atoms with Crippen molar-refractivity contribution in [2.24, 2.45) is 23.3 Å². The summed E-state index contributed by atoms with van der Waals surface area (Å²) < 4.78 is 0. The average molecular weight is 714 g/mol. The highest BCUT2D eigenvalue weighted by molar-refractivity contribution is 5.97. The highest BCUT2D eigenvalue weighted by atomic mass is 16.3. The second-order valence-electron chi connectivity index (χ2n) is 12.9. The second-order valence-corrected chi connectivity index (χ2v) is 12.9. The number of nitrogens with zero attached hydrogens (tertiary/aromatic N) is 1. The van der Waals surface area contributed by atoms with E-state index in [0.29, 0.717) is 25.8 Å². The van der Waals surface area contributed by atoms with Crippen LogP contribution < -0.4 is 43.4 Å². The van der Waals surface area contributed by atoms with Crippen LogP contribution in [0.25, 0.3) is 0 Å². The number of carbonyl (C=O) groups excluding carboxylic acids is 8. The Morgan fingerprint density at radius 3 is 1.82 bits per heavy atom. The molecular formula is C31H55N9O10. The van der Waals surface area contributed by atoms with Crippen LogP contribution in [0.5, 0.6) is 0 Å². The Labute approximate surface area is 291 Å². The van der Waals surface area contributed by atoms with Gasteiger partial charge in [-0.15, -0.1) is 0 Å². The molecule has 1 rings (SSSR count). The molecule has 284 valence electrons. The largest absolute Gasteiger partial charge is 0.394 e. The molecule has 0 aromatic carbocycles. The summed E-state index contributed by atoms with van der Waals surface area (Å²) >= 11 is 0. The van der Waals surface area contributed by atoms with Crippen molar-refractivity contribution in [2.45, 2.75) is 103 Å². The first-order valence-electron chi connectivity index (χ1n) is 16.8. The summed E-state index contributed by atoms with van der Waals surface area (Å²) in [5.74, 6) is -6.74. The first-order chi connectivity index (χ1) is 23.5. The van der Waals surface area contributed by atoms with Crippen LogP contribution in [0.1, 0.15) is 66.7 Å². The summed E-state index contributed by atoms with van der Waals surface area (Å²) in [4.78, 5) is 103. The lowest BCUT2D eigenvalue weighted by atomic mass is 9.99. The molecule has 0 radical (unpaired) electrons. The number of aliphatic hydroxyl groups is 2. The van der Waals surface area contributed by atoms with Crippen LogP contribution in [0.2, 0.25) is 0 Å². The van der Waals surface area contributed by atoms with Gasteiger partial charge in [0, 0.05) is 13.5 Å². The van der Waals surface area contributed by atoms with E-state index >= 15 is 0 Å². The van der Waals surface area contributed by atoms with Crippen LogP contribution in [0.15, 0.2) is 0 Å². The predicted molar refractivity (Wildman–Crippen MR) is 179 cm³/mol. The molecule has 0 saturated carbocycles. The molecule has 0 aliphatic carbocycles. The molecule has 19 heteroatoms. The molecule has 6 atom stereocenters. The Morgan fingerprint density at radius 2 is 1.30 bits per heavy atom. The van der Waals surface area contributed by atoms with Crippen molar-refractivity contribution in [1.29, 1.82) is 0 Å². The van der Waals surface area contributed by atoms with Crippen LogP contribution in [-0.4, -0.2) is 131 Å². The van der Waals surface area contributed by atoms with Crippen LogP contribution >= 0.6 is 0 Å². The van der Waals surface area contributed by atoms with Gasteiger partial charge in [-0.1, -0.05) is 27.7 Å². The van der Waals surface area contributed by atoms with E-state index in [1.165, 1.54) is 11.8 Å². The number of amides is 8. The number of likely N-dealkylation sites (tertiary alicyclic amines) is 1. The summed E-state index contributed by atoms with van der Waals surface area (Å²) in [7, 11) is 0. The zero-order chi connectivity index (χ0) is 38.1. The van der Waals surface area contributed by atoms with Gasteiger partial charge in [0.05, 0.1) is 19.8 Å². The first-order valence-corrected chi connectivity index (χ1v) is 16.8. The molecule has 12 N–H and O–H groups in total. The normalized spacial score (nSPS) is 17.2. The minimum Gasteiger partial charge on any atom is -0.394 e. The van der Waals surface area contributed by atoms with Crippen LogP contribution in [0, 0.1) is 11.8 Å². The second kappa shape index (κ2) is 21.7. The molecule has 1 heterocycles. The number of unbranched alkanes of at least 4 members (excludes halogenated alkanes) is 1. The summed E-state index contributed by atoms with van der Waals surface area (Å²) in [6.45, 7) is 6.27. The van der Waals surface area contributed by atoms with Crippen LogP contribution in [0.3, 0.4) is 0 Å². The fourth-order valence-electron chi connectivity index (χ4n) is 5.28. The highest BCUT2D eigenvalue weighted by Gasteiger charge is 2.40. The van der Waals surface area contributed by atoms with E-state index in [1.54, 1.807) is 27.7 Å². The van der Waals surface area contributed by atoms with Crippen LogP contribution in [0.4, 0.5) is 0 Å². The summed E-state index contributed by atoms with van der Waals surface area (Å²) in [6, 6.07) is -7.21. The smallest absolute Gasteiger partial charge is 0.248 e. The van der Waals surface area contributed by atoms with E-state index in [-0.39, 0.29) is 19.4 Å². The van der Waals surface area contributed by atoms with E-state index in [9.17, 15) is 48.6 Å². The Kier molecular flexibility index (Phi) is 18.9. The molecule has 50 heavy (non-hydrogen) atoms. The topological polar surface area (TPSA) is 304 Å². The predicted octanol–water partition coefficient (Wildman–Crippen LogP) is -4.55. The van der Waals surface area contributed by atoms with Crippen molar-refractivity contribution in [1.82, 2.24) is 36.8 Å². The molecular weight excluding hydrogens is 658 g/mol. The molecule has 0 aromatic heterocycles. The monoisotopic (exact) mass is 713 g/mol. The van der Waals surface area contributed by atoms with E-state index in [4.69, 9.17) is 11.5 Å². The number of hydrogen-bond donors (Lipinski definition) is 10. The maximum Gasteiger partial charge on any atom is 0.248 e. The number of aliphatic hydroxyl groups excluding tert-OH is 2. The molecule has 1 aliphatic heterocycles. The average Bonchev–Trinajstić information content (AvgIpc) is 3.55. The van der Waals surface area contributed by atoms with Gasteiger partial charge in [-0.25, -0.2) is 0 Å². The third-order valence-electron chi connectivity index (χ3n) is 8.02. The van der Waals surface area contributed by atoms with Gasteiger partial charge in [-0.2, -0.15) is 0 Å². The van der Waals surface area contributed by atoms with Gasteiger partial charge in [-0.3, -0.25) is 38.4 Å². The molecule has 0 unspecified atom stereocenters. The first kappa shape index (κ1) is 43.7. The minimum absolute atomic E-state index is 0.141. The number of primary amides is 1. The SMILES string of the molecule is CC(=O)N[C@@H](CCCCN)C(=O)N[C@@H](CO)C(=O)N1CCC[C@H]1C(=O)N[C@H](C(=O)N[C@H](C(=O)N[C@@H](CO)C(=O)NCC(N)=O)C(C)C)C(C)C. The molecule has 1 fully saturated rings. The number of nitrogens with one attached hydrogen (secondary N) is 6. The minimum atomic E-state index is -1.44. The van der Waals surface area contributed by atoms with E-state index in [0.717, 1.165) is 0 Å². The van der Waals surface area contributed by atoms with Crippen LogP contribution in [-0.2, 0) is 38.4 Å². The highest BCUT2D eigenvalue weighted by Crippen LogP contribution is 2.20. The molecule has 19 nitrogen and oxygen atoms in total. The van der Waals surface area contributed by atoms with E-state index < -0.39 is 115 Å². The summed E-state index contributed by atoms with van der Waals surface area (Å²) in [5, 5.41) is 34.4. The van der Waals surface area contributed by atoms with Gasteiger partial charge in [0.25, 0.3) is 0 Å². The van der Waals surface area contributed by atoms with Gasteiger partial charge < -0.3 is 58.5 Å². The van der Waals surface area contributed by atoms with Crippen molar-refractivity contribution >= 4 is 47.3 Å². The van der Waals surface area contributed by atoms with Crippen molar-refractivity contribution in [3.63, 3.8) is 0 Å². The standard InChI is InChI=1S/C31H55N9O10/c1-16(2)24(29(48)36-20(14-41)26(45)34-13-23(33)44)39-30(49)25(17(3)4)38-28(47)22-10-8-12-40(22)31(50)21(15-42)37-27(46)19(35-18(5)43)9-6-7-11-32/h16-17,19-22,24-25,41-42H,6-15,32H2,1-5H3,(H2,33,44)(H,34,45)(H,35,43)(H,36,48)(H,37,46)(H,38,47)(H,39,49)/t19-,20-,21-,22-,24-,25-/m0/s1. The van der Waals surface area contributed by atoms with Gasteiger partial charge in [0.15, 0.2) is 0 Å². The molecule has 0 bridgehead atoms. The Morgan fingerprint density at radius 1 is 0.740 bits per heavy atom. The molecule has 1 aliphatic rings. The molecule has 0 spiro atoms. The van der Waals surface area contributed by atoms with Crippen molar-refractivity contribution in [3.05, 3.63) is 0 Å². The zero-order valence-corrected chi connectivity index (χ0v) is 29.5.